The van der Waals surface area contributed by atoms with Crippen molar-refractivity contribution < 1.29 is 9.53 Å². The van der Waals surface area contributed by atoms with E-state index in [4.69, 9.17) is 10.5 Å². The van der Waals surface area contributed by atoms with E-state index in [9.17, 15) is 4.79 Å². The molecule has 0 bridgehead atoms. The second-order valence-electron chi connectivity index (χ2n) is 4.63. The fourth-order valence-corrected chi connectivity index (χ4v) is 2.46. The maximum atomic E-state index is 11.9. The molecule has 1 aromatic carbocycles. The molecule has 1 fully saturated rings. The summed E-state index contributed by atoms with van der Waals surface area (Å²) in [5.41, 5.74) is 6.69. The molecule has 92 valence electrons. The van der Waals surface area contributed by atoms with Crippen LogP contribution in [0.2, 0.25) is 0 Å². The van der Waals surface area contributed by atoms with Gasteiger partial charge in [-0.3, -0.25) is 4.79 Å². The Kier molecular flexibility index (Phi) is 4.15. The maximum Gasteiger partial charge on any atom is 0.309 e. The third-order valence-corrected chi connectivity index (χ3v) is 3.49. The largest absolute Gasteiger partial charge is 0.461 e. The van der Waals surface area contributed by atoms with E-state index in [2.05, 4.69) is 0 Å². The van der Waals surface area contributed by atoms with Crippen molar-refractivity contribution in [2.75, 3.05) is 6.54 Å². The van der Waals surface area contributed by atoms with E-state index in [0.29, 0.717) is 19.1 Å². The molecule has 17 heavy (non-hydrogen) atoms. The minimum atomic E-state index is -0.0817. The van der Waals surface area contributed by atoms with Crippen molar-refractivity contribution in [1.82, 2.24) is 0 Å². The minimum absolute atomic E-state index is 0.0173. The number of carbonyl (C=O) groups is 1. The summed E-state index contributed by atoms with van der Waals surface area (Å²) in [6, 6.07) is 9.76. The van der Waals surface area contributed by atoms with Crippen molar-refractivity contribution in [3.8, 4) is 0 Å². The molecule has 0 aliphatic heterocycles. The Bertz CT molecular complexity index is 364. The van der Waals surface area contributed by atoms with Crippen molar-refractivity contribution in [1.29, 1.82) is 0 Å². The third-order valence-electron chi connectivity index (χ3n) is 3.49. The molecule has 0 radical (unpaired) electrons. The Morgan fingerprint density at radius 3 is 2.76 bits per heavy atom. The number of hydrogen-bond acceptors (Lipinski definition) is 3. The lowest BCUT2D eigenvalue weighted by atomic mass is 9.96. The molecule has 0 unspecified atom stereocenters. The van der Waals surface area contributed by atoms with E-state index >= 15 is 0 Å². The first kappa shape index (κ1) is 12.1. The standard InChI is InChI=1S/C14H19NO2/c15-9-12-7-4-8-13(12)14(16)17-10-11-5-2-1-3-6-11/h1-3,5-6,12-13H,4,7-10,15H2/t12-,13+/m0/s1. The molecule has 2 N–H and O–H groups in total. The van der Waals surface area contributed by atoms with Gasteiger partial charge in [-0.15, -0.1) is 0 Å². The summed E-state index contributed by atoms with van der Waals surface area (Å²) in [4.78, 5) is 11.9. The lowest BCUT2D eigenvalue weighted by Crippen LogP contribution is -2.26. The summed E-state index contributed by atoms with van der Waals surface area (Å²) in [5.74, 6) is 0.254. The van der Waals surface area contributed by atoms with Gasteiger partial charge >= 0.3 is 5.97 Å². The molecular formula is C14H19NO2. The zero-order chi connectivity index (χ0) is 12.1. The van der Waals surface area contributed by atoms with E-state index < -0.39 is 0 Å². The molecule has 3 heteroatoms. The highest BCUT2D eigenvalue weighted by Crippen LogP contribution is 2.31. The van der Waals surface area contributed by atoms with Crippen LogP contribution < -0.4 is 5.73 Å². The molecule has 3 nitrogen and oxygen atoms in total. The smallest absolute Gasteiger partial charge is 0.309 e. The molecule has 2 atom stereocenters. The fraction of sp³-hybridized carbons (Fsp3) is 0.500. The average molecular weight is 233 g/mol. The summed E-state index contributed by atoms with van der Waals surface area (Å²) in [5, 5.41) is 0. The molecule has 0 heterocycles. The number of nitrogens with two attached hydrogens (primary N) is 1. The molecule has 2 rings (SSSR count). The van der Waals surface area contributed by atoms with Gasteiger partial charge in [0.05, 0.1) is 5.92 Å². The Morgan fingerprint density at radius 1 is 1.29 bits per heavy atom. The lowest BCUT2D eigenvalue weighted by Gasteiger charge is -2.16. The van der Waals surface area contributed by atoms with Crippen LogP contribution in [-0.4, -0.2) is 12.5 Å². The van der Waals surface area contributed by atoms with Crippen LogP contribution in [-0.2, 0) is 16.1 Å². The van der Waals surface area contributed by atoms with Gasteiger partial charge in [-0.05, 0) is 30.9 Å². The number of ether oxygens (including phenoxy) is 1. The van der Waals surface area contributed by atoms with E-state index in [1.165, 1.54) is 0 Å². The number of esters is 1. The van der Waals surface area contributed by atoms with Crippen LogP contribution in [0.5, 0.6) is 0 Å². The zero-order valence-corrected chi connectivity index (χ0v) is 9.97. The van der Waals surface area contributed by atoms with Gasteiger partial charge in [0.25, 0.3) is 0 Å². The summed E-state index contributed by atoms with van der Waals surface area (Å²) in [6.45, 7) is 0.957. The summed E-state index contributed by atoms with van der Waals surface area (Å²) in [6.07, 6.45) is 3.07. The molecule has 1 aliphatic carbocycles. The van der Waals surface area contributed by atoms with Crippen molar-refractivity contribution >= 4 is 5.97 Å². The minimum Gasteiger partial charge on any atom is -0.461 e. The van der Waals surface area contributed by atoms with E-state index in [1.54, 1.807) is 0 Å². The maximum absolute atomic E-state index is 11.9. The monoisotopic (exact) mass is 233 g/mol. The highest BCUT2D eigenvalue weighted by molar-refractivity contribution is 5.73. The molecule has 1 aromatic rings. The van der Waals surface area contributed by atoms with E-state index in [1.807, 2.05) is 30.3 Å². The van der Waals surface area contributed by atoms with Crippen LogP contribution in [0.25, 0.3) is 0 Å². The molecule has 0 amide bonds. The second kappa shape index (κ2) is 5.82. The van der Waals surface area contributed by atoms with Crippen molar-refractivity contribution in [3.63, 3.8) is 0 Å². The van der Waals surface area contributed by atoms with Crippen LogP contribution in [0, 0.1) is 11.8 Å². The molecule has 1 saturated carbocycles. The number of benzene rings is 1. The van der Waals surface area contributed by atoms with E-state index in [0.717, 1.165) is 24.8 Å². The van der Waals surface area contributed by atoms with Crippen molar-refractivity contribution in [2.45, 2.75) is 25.9 Å². The van der Waals surface area contributed by atoms with Gasteiger partial charge in [0.15, 0.2) is 0 Å². The number of carbonyl (C=O) groups excluding carboxylic acids is 1. The zero-order valence-electron chi connectivity index (χ0n) is 9.97. The van der Waals surface area contributed by atoms with Crippen LogP contribution >= 0.6 is 0 Å². The Labute approximate surface area is 102 Å². The quantitative estimate of drug-likeness (QED) is 0.810. The SMILES string of the molecule is NC[C@@H]1CCC[C@H]1C(=O)OCc1ccccc1. The Balaban J connectivity index is 1.85. The first-order valence-electron chi connectivity index (χ1n) is 6.22. The normalized spacial score (nSPS) is 23.6. The highest BCUT2D eigenvalue weighted by Gasteiger charge is 2.32. The Hall–Kier alpha value is -1.35. The third kappa shape index (κ3) is 3.07. The molecule has 0 aromatic heterocycles. The van der Waals surface area contributed by atoms with Gasteiger partial charge in [-0.25, -0.2) is 0 Å². The highest BCUT2D eigenvalue weighted by atomic mass is 16.5. The van der Waals surface area contributed by atoms with Crippen LogP contribution in [0.4, 0.5) is 0 Å². The van der Waals surface area contributed by atoms with Gasteiger partial charge in [0.1, 0.15) is 6.61 Å². The predicted octanol–water partition coefficient (Wildman–Crippen LogP) is 2.10. The average Bonchev–Trinajstić information content (AvgIpc) is 2.85. The van der Waals surface area contributed by atoms with Gasteiger partial charge in [-0.2, -0.15) is 0 Å². The van der Waals surface area contributed by atoms with Crippen LogP contribution in [0.3, 0.4) is 0 Å². The lowest BCUT2D eigenvalue weighted by molar-refractivity contribution is -0.151. The fourth-order valence-electron chi connectivity index (χ4n) is 2.46. The molecule has 0 spiro atoms. The van der Waals surface area contributed by atoms with Gasteiger partial charge < -0.3 is 10.5 Å². The van der Waals surface area contributed by atoms with Gasteiger partial charge in [0.2, 0.25) is 0 Å². The van der Waals surface area contributed by atoms with Crippen LogP contribution in [0.1, 0.15) is 24.8 Å². The Morgan fingerprint density at radius 2 is 2.06 bits per heavy atom. The first-order chi connectivity index (χ1) is 8.31. The predicted molar refractivity (Wildman–Crippen MR) is 66.1 cm³/mol. The molecular weight excluding hydrogens is 214 g/mol. The van der Waals surface area contributed by atoms with Crippen molar-refractivity contribution in [3.05, 3.63) is 35.9 Å². The first-order valence-corrected chi connectivity index (χ1v) is 6.22. The molecule has 1 aliphatic rings. The summed E-state index contributed by atoms with van der Waals surface area (Å²) < 4.78 is 5.35. The van der Waals surface area contributed by atoms with Gasteiger partial charge in [-0.1, -0.05) is 36.8 Å². The number of hydrogen-bond donors (Lipinski definition) is 1. The van der Waals surface area contributed by atoms with E-state index in [-0.39, 0.29) is 11.9 Å². The molecule has 0 saturated heterocycles. The van der Waals surface area contributed by atoms with Crippen LogP contribution in [0.15, 0.2) is 30.3 Å². The number of rotatable bonds is 4. The summed E-state index contributed by atoms with van der Waals surface area (Å²) >= 11 is 0. The summed E-state index contributed by atoms with van der Waals surface area (Å²) in [7, 11) is 0. The second-order valence-corrected chi connectivity index (χ2v) is 4.63. The topological polar surface area (TPSA) is 52.3 Å². The van der Waals surface area contributed by atoms with Gasteiger partial charge in [0, 0.05) is 0 Å². The van der Waals surface area contributed by atoms with Crippen molar-refractivity contribution in [2.24, 2.45) is 17.6 Å².